The van der Waals surface area contributed by atoms with Gasteiger partial charge in [0.1, 0.15) is 5.41 Å². The third kappa shape index (κ3) is 3.30. The number of amides is 2. The second-order valence-electron chi connectivity index (χ2n) is 6.60. The van der Waals surface area contributed by atoms with Crippen molar-refractivity contribution in [2.45, 2.75) is 51.5 Å². The van der Waals surface area contributed by atoms with Crippen molar-refractivity contribution < 1.29 is 9.59 Å². The first-order valence-corrected chi connectivity index (χ1v) is 9.24. The van der Waals surface area contributed by atoms with Crippen LogP contribution in [0.2, 0.25) is 0 Å². The van der Waals surface area contributed by atoms with Gasteiger partial charge in [-0.25, -0.2) is 0 Å². The van der Waals surface area contributed by atoms with Gasteiger partial charge in [0.05, 0.1) is 0 Å². The first-order chi connectivity index (χ1) is 11.1. The van der Waals surface area contributed by atoms with Gasteiger partial charge in [-0.1, -0.05) is 28.9 Å². The second-order valence-corrected chi connectivity index (χ2v) is 7.52. The number of nitrogens with zero attached hydrogens (tertiary/aromatic N) is 1. The van der Waals surface area contributed by atoms with E-state index in [0.717, 1.165) is 36.0 Å². The summed E-state index contributed by atoms with van der Waals surface area (Å²) >= 11 is 3.40. The molecule has 1 aliphatic heterocycles. The van der Waals surface area contributed by atoms with Crippen LogP contribution in [-0.4, -0.2) is 29.3 Å². The van der Waals surface area contributed by atoms with E-state index in [9.17, 15) is 9.59 Å². The van der Waals surface area contributed by atoms with Crippen LogP contribution in [0.25, 0.3) is 0 Å². The average molecular weight is 379 g/mol. The molecule has 0 aromatic heterocycles. The lowest BCUT2D eigenvalue weighted by molar-refractivity contribution is -0.145. The predicted octanol–water partition coefficient (Wildman–Crippen LogP) is 3.96. The van der Waals surface area contributed by atoms with Crippen LogP contribution in [0.1, 0.15) is 45.4 Å². The molecule has 23 heavy (non-hydrogen) atoms. The Balaban J connectivity index is 1.73. The molecule has 2 aliphatic rings. The van der Waals surface area contributed by atoms with Crippen molar-refractivity contribution in [2.75, 3.05) is 11.9 Å². The normalized spacial score (nSPS) is 22.5. The zero-order valence-corrected chi connectivity index (χ0v) is 15.1. The third-order valence-corrected chi connectivity index (χ3v) is 5.53. The minimum atomic E-state index is -0.826. The van der Waals surface area contributed by atoms with Crippen LogP contribution in [-0.2, 0) is 9.59 Å². The first kappa shape index (κ1) is 16.5. The third-order valence-electron chi connectivity index (χ3n) is 5.04. The van der Waals surface area contributed by atoms with Gasteiger partial charge in [-0.15, -0.1) is 0 Å². The van der Waals surface area contributed by atoms with Crippen molar-refractivity contribution in [2.24, 2.45) is 5.41 Å². The Labute approximate surface area is 145 Å². The maximum atomic E-state index is 13.0. The van der Waals surface area contributed by atoms with Crippen molar-refractivity contribution in [3.8, 4) is 0 Å². The Bertz CT molecular complexity index is 613. The topological polar surface area (TPSA) is 49.4 Å². The van der Waals surface area contributed by atoms with Crippen LogP contribution in [0.4, 0.5) is 5.69 Å². The fourth-order valence-electron chi connectivity index (χ4n) is 3.45. The van der Waals surface area contributed by atoms with Crippen LogP contribution in [0, 0.1) is 5.41 Å². The molecule has 5 heteroatoms. The minimum absolute atomic E-state index is 0.0385. The lowest BCUT2D eigenvalue weighted by Crippen LogP contribution is -2.49. The highest BCUT2D eigenvalue weighted by molar-refractivity contribution is 9.10. The van der Waals surface area contributed by atoms with Gasteiger partial charge < -0.3 is 10.2 Å². The van der Waals surface area contributed by atoms with Crippen molar-refractivity contribution >= 4 is 33.4 Å². The summed E-state index contributed by atoms with van der Waals surface area (Å²) in [6, 6.07) is 7.78. The fourth-order valence-corrected chi connectivity index (χ4v) is 3.85. The Kier molecular flexibility index (Phi) is 4.76. The van der Waals surface area contributed by atoms with Crippen LogP contribution in [0.3, 0.4) is 0 Å². The zero-order valence-electron chi connectivity index (χ0n) is 13.5. The number of hydrogen-bond donors (Lipinski definition) is 1. The molecule has 1 aromatic rings. The molecule has 1 saturated carbocycles. The number of hydrogen-bond acceptors (Lipinski definition) is 2. The highest BCUT2D eigenvalue weighted by Crippen LogP contribution is 2.49. The summed E-state index contributed by atoms with van der Waals surface area (Å²) in [7, 11) is 0. The molecule has 1 atom stereocenters. The molecule has 1 heterocycles. The van der Waals surface area contributed by atoms with E-state index in [1.54, 1.807) is 0 Å². The van der Waals surface area contributed by atoms with Gasteiger partial charge in [0, 0.05) is 22.7 Å². The average Bonchev–Trinajstić information content (AvgIpc) is 3.36. The molecule has 1 N–H and O–H groups in total. The van der Waals surface area contributed by atoms with Gasteiger partial charge in [-0.3, -0.25) is 9.59 Å². The molecule has 1 aliphatic carbocycles. The summed E-state index contributed by atoms with van der Waals surface area (Å²) in [5, 5.41) is 2.92. The van der Waals surface area contributed by atoms with Gasteiger partial charge in [-0.05, 0) is 56.7 Å². The number of piperidine rings is 1. The smallest absolute Gasteiger partial charge is 0.240 e. The predicted molar refractivity (Wildman–Crippen MR) is 94.1 cm³/mol. The lowest BCUT2D eigenvalue weighted by Gasteiger charge is -2.37. The van der Waals surface area contributed by atoms with E-state index in [-0.39, 0.29) is 11.8 Å². The monoisotopic (exact) mass is 378 g/mol. The number of carbonyl (C=O) groups excluding carboxylic acids is 2. The number of anilines is 1. The molecular formula is C18H23BrN2O2. The highest BCUT2D eigenvalue weighted by Gasteiger charge is 2.58. The van der Waals surface area contributed by atoms with Gasteiger partial charge >= 0.3 is 0 Å². The number of nitrogens with one attached hydrogen (secondary N) is 1. The molecule has 1 aromatic carbocycles. The van der Waals surface area contributed by atoms with Gasteiger partial charge in [-0.2, -0.15) is 0 Å². The van der Waals surface area contributed by atoms with E-state index in [0.29, 0.717) is 18.9 Å². The fraction of sp³-hybridized carbons (Fsp3) is 0.556. The molecule has 0 radical (unpaired) electrons. The number of halogens is 1. The van der Waals surface area contributed by atoms with Gasteiger partial charge in [0.15, 0.2) is 0 Å². The molecule has 0 bridgehead atoms. The summed E-state index contributed by atoms with van der Waals surface area (Å²) in [6.45, 7) is 2.92. The SMILES string of the molecule is CCC1CCCCN1C(=O)C1(C(=O)Nc2cccc(Br)c2)CC1. The minimum Gasteiger partial charge on any atom is -0.339 e. The number of benzene rings is 1. The Morgan fingerprint density at radius 3 is 2.78 bits per heavy atom. The molecule has 2 amide bonds. The standard InChI is InChI=1S/C18H23BrN2O2/c1-2-15-8-3-4-11-21(15)17(23)18(9-10-18)16(22)20-14-7-5-6-13(19)12-14/h5-7,12,15H,2-4,8-11H2,1H3,(H,20,22). The molecule has 124 valence electrons. The van der Waals surface area contributed by atoms with Crippen molar-refractivity contribution in [3.05, 3.63) is 28.7 Å². The second kappa shape index (κ2) is 6.63. The summed E-state index contributed by atoms with van der Waals surface area (Å²) in [5.41, 5.74) is -0.0956. The Hall–Kier alpha value is -1.36. The van der Waals surface area contributed by atoms with E-state index < -0.39 is 5.41 Å². The maximum Gasteiger partial charge on any atom is 0.240 e. The summed E-state index contributed by atoms with van der Waals surface area (Å²) < 4.78 is 0.911. The summed E-state index contributed by atoms with van der Waals surface area (Å²) in [5.74, 6) is -0.113. The van der Waals surface area contributed by atoms with E-state index >= 15 is 0 Å². The quantitative estimate of drug-likeness (QED) is 0.806. The summed E-state index contributed by atoms with van der Waals surface area (Å²) in [4.78, 5) is 27.7. The highest BCUT2D eigenvalue weighted by atomic mass is 79.9. The molecule has 1 saturated heterocycles. The van der Waals surface area contributed by atoms with Crippen LogP contribution < -0.4 is 5.32 Å². The molecular weight excluding hydrogens is 356 g/mol. The van der Waals surface area contributed by atoms with Crippen molar-refractivity contribution in [1.29, 1.82) is 0 Å². The largest absolute Gasteiger partial charge is 0.339 e. The van der Waals surface area contributed by atoms with Crippen molar-refractivity contribution in [3.63, 3.8) is 0 Å². The maximum absolute atomic E-state index is 13.0. The molecule has 1 unspecified atom stereocenters. The number of carbonyl (C=O) groups is 2. The van der Waals surface area contributed by atoms with Crippen LogP contribution in [0.5, 0.6) is 0 Å². The molecule has 4 nitrogen and oxygen atoms in total. The lowest BCUT2D eigenvalue weighted by atomic mass is 9.95. The van der Waals surface area contributed by atoms with Crippen LogP contribution in [0.15, 0.2) is 28.7 Å². The number of rotatable bonds is 4. The van der Waals surface area contributed by atoms with Crippen molar-refractivity contribution in [1.82, 2.24) is 4.90 Å². The summed E-state index contributed by atoms with van der Waals surface area (Å²) in [6.07, 6.45) is 5.59. The zero-order chi connectivity index (χ0) is 16.4. The molecule has 0 spiro atoms. The van der Waals surface area contributed by atoms with Gasteiger partial charge in [0.2, 0.25) is 11.8 Å². The van der Waals surface area contributed by atoms with E-state index in [2.05, 4.69) is 28.2 Å². The Morgan fingerprint density at radius 2 is 2.13 bits per heavy atom. The Morgan fingerprint density at radius 1 is 1.35 bits per heavy atom. The van der Waals surface area contributed by atoms with E-state index in [4.69, 9.17) is 0 Å². The molecule has 2 fully saturated rings. The number of likely N-dealkylation sites (tertiary alicyclic amines) is 1. The van der Waals surface area contributed by atoms with E-state index in [1.807, 2.05) is 29.2 Å². The molecule has 3 rings (SSSR count). The van der Waals surface area contributed by atoms with Crippen LogP contribution >= 0.6 is 15.9 Å². The van der Waals surface area contributed by atoms with E-state index in [1.165, 1.54) is 6.42 Å². The van der Waals surface area contributed by atoms with Gasteiger partial charge in [0.25, 0.3) is 0 Å². The first-order valence-electron chi connectivity index (χ1n) is 8.45.